The van der Waals surface area contributed by atoms with Crippen LogP contribution >= 0.6 is 0 Å². The van der Waals surface area contributed by atoms with Crippen LogP contribution < -0.4 is 11.5 Å². The molecule has 0 saturated carbocycles. The summed E-state index contributed by atoms with van der Waals surface area (Å²) in [5.41, 5.74) is 15.5. The number of anilines is 1. The van der Waals surface area contributed by atoms with Gasteiger partial charge in [0.2, 0.25) is 0 Å². The molecule has 6 nitrogen and oxygen atoms in total. The topological polar surface area (TPSA) is 95.1 Å². The predicted molar refractivity (Wildman–Crippen MR) is 90.7 cm³/mol. The normalized spacial score (nSPS) is 12.8. The lowest BCUT2D eigenvalue weighted by atomic mass is 10.1. The number of rotatable bonds is 2. The molecule has 3 aromatic heterocycles. The van der Waals surface area contributed by atoms with Crippen LogP contribution in [0.3, 0.4) is 0 Å². The highest BCUT2D eigenvalue weighted by Crippen LogP contribution is 2.28. The molecule has 120 valence electrons. The maximum Gasteiger partial charge on any atom is 0.165 e. The Bertz CT molecular complexity index is 1070. The van der Waals surface area contributed by atoms with Crippen LogP contribution in [-0.4, -0.2) is 19.6 Å². The Kier molecular flexibility index (Phi) is 3.17. The van der Waals surface area contributed by atoms with E-state index in [1.54, 1.807) is 29.0 Å². The summed E-state index contributed by atoms with van der Waals surface area (Å²) in [5.74, 6) is 0.154. The first-order valence-electron chi connectivity index (χ1n) is 7.48. The molecule has 1 aromatic carbocycles. The molecule has 0 radical (unpaired) electrons. The van der Waals surface area contributed by atoms with Crippen LogP contribution in [0.2, 0.25) is 0 Å². The summed E-state index contributed by atoms with van der Waals surface area (Å²) in [5, 5.41) is 4.99. The van der Waals surface area contributed by atoms with Crippen molar-refractivity contribution < 1.29 is 4.39 Å². The van der Waals surface area contributed by atoms with Gasteiger partial charge in [-0.2, -0.15) is 9.61 Å². The Morgan fingerprint density at radius 2 is 2.00 bits per heavy atom. The van der Waals surface area contributed by atoms with Crippen molar-refractivity contribution in [1.82, 2.24) is 19.6 Å². The van der Waals surface area contributed by atoms with E-state index in [2.05, 4.69) is 15.1 Å². The fourth-order valence-electron chi connectivity index (χ4n) is 2.69. The van der Waals surface area contributed by atoms with Crippen molar-refractivity contribution >= 4 is 22.4 Å². The lowest BCUT2D eigenvalue weighted by molar-refractivity contribution is 0.629. The van der Waals surface area contributed by atoms with Crippen LogP contribution in [0.1, 0.15) is 18.7 Å². The molecule has 24 heavy (non-hydrogen) atoms. The van der Waals surface area contributed by atoms with Gasteiger partial charge in [0.15, 0.2) is 5.65 Å². The highest BCUT2D eigenvalue weighted by molar-refractivity contribution is 5.87. The van der Waals surface area contributed by atoms with Crippen LogP contribution in [0.5, 0.6) is 0 Å². The molecule has 0 aliphatic heterocycles. The van der Waals surface area contributed by atoms with Gasteiger partial charge in [-0.15, -0.1) is 0 Å². The molecule has 0 aliphatic carbocycles. The van der Waals surface area contributed by atoms with E-state index in [1.807, 2.05) is 13.0 Å². The number of nitrogen functional groups attached to an aromatic ring is 1. The molecule has 1 atom stereocenters. The molecule has 3 heterocycles. The monoisotopic (exact) mass is 322 g/mol. The highest BCUT2D eigenvalue weighted by Gasteiger charge is 2.14. The molecule has 0 saturated heterocycles. The van der Waals surface area contributed by atoms with E-state index in [9.17, 15) is 4.39 Å². The summed E-state index contributed by atoms with van der Waals surface area (Å²) < 4.78 is 15.0. The van der Waals surface area contributed by atoms with Gasteiger partial charge in [-0.1, -0.05) is 0 Å². The fraction of sp³-hybridized carbons (Fsp3) is 0.118. The van der Waals surface area contributed by atoms with Crippen LogP contribution in [0.15, 0.2) is 42.7 Å². The van der Waals surface area contributed by atoms with Crippen molar-refractivity contribution in [1.29, 1.82) is 0 Å². The number of benzene rings is 1. The average molecular weight is 322 g/mol. The Morgan fingerprint density at radius 1 is 1.17 bits per heavy atom. The van der Waals surface area contributed by atoms with Crippen molar-refractivity contribution in [2.75, 3.05) is 5.73 Å². The number of nitrogens with zero attached hydrogens (tertiary/aromatic N) is 4. The van der Waals surface area contributed by atoms with Crippen molar-refractivity contribution in [2.24, 2.45) is 5.73 Å². The van der Waals surface area contributed by atoms with Crippen molar-refractivity contribution in [3.63, 3.8) is 0 Å². The molecule has 0 aliphatic rings. The first-order chi connectivity index (χ1) is 11.5. The van der Waals surface area contributed by atoms with Crippen molar-refractivity contribution in [2.45, 2.75) is 13.0 Å². The molecule has 0 fully saturated rings. The van der Waals surface area contributed by atoms with Crippen LogP contribution in [0.4, 0.5) is 10.2 Å². The molecular weight excluding hydrogens is 307 g/mol. The average Bonchev–Trinajstić information content (AvgIpc) is 2.98. The molecule has 4 N–H and O–H groups in total. The third-order valence-electron chi connectivity index (χ3n) is 3.94. The van der Waals surface area contributed by atoms with E-state index < -0.39 is 0 Å². The summed E-state index contributed by atoms with van der Waals surface area (Å²) >= 11 is 0. The van der Waals surface area contributed by atoms with E-state index in [0.29, 0.717) is 22.5 Å². The van der Waals surface area contributed by atoms with Crippen molar-refractivity contribution in [3.05, 3.63) is 54.2 Å². The largest absolute Gasteiger partial charge is 0.384 e. The number of aromatic nitrogens is 4. The smallest absolute Gasteiger partial charge is 0.165 e. The van der Waals surface area contributed by atoms with Gasteiger partial charge in [0.1, 0.15) is 11.6 Å². The number of hydrogen-bond donors (Lipinski definition) is 2. The molecular formula is C17H15FN6. The Balaban J connectivity index is 1.96. The number of fused-ring (bicyclic) bond motifs is 2. The van der Waals surface area contributed by atoms with Crippen LogP contribution in [0, 0.1) is 5.82 Å². The van der Waals surface area contributed by atoms with Gasteiger partial charge in [-0.05, 0) is 31.2 Å². The van der Waals surface area contributed by atoms with Crippen molar-refractivity contribution in [3.8, 4) is 11.1 Å². The van der Waals surface area contributed by atoms with Gasteiger partial charge >= 0.3 is 0 Å². The summed E-state index contributed by atoms with van der Waals surface area (Å²) in [4.78, 5) is 8.94. The van der Waals surface area contributed by atoms with Crippen LogP contribution in [0.25, 0.3) is 27.7 Å². The number of pyridine rings is 1. The Morgan fingerprint density at radius 3 is 2.79 bits per heavy atom. The van der Waals surface area contributed by atoms with Gasteiger partial charge in [0, 0.05) is 34.8 Å². The Hall–Kier alpha value is -3.06. The third kappa shape index (κ3) is 2.26. The first kappa shape index (κ1) is 14.5. The maximum atomic E-state index is 13.5. The zero-order valence-corrected chi connectivity index (χ0v) is 12.9. The number of hydrogen-bond acceptors (Lipinski definition) is 5. The second-order valence-electron chi connectivity index (χ2n) is 5.75. The lowest BCUT2D eigenvalue weighted by Crippen LogP contribution is -2.10. The van der Waals surface area contributed by atoms with Gasteiger partial charge in [-0.3, -0.25) is 4.98 Å². The molecule has 4 aromatic rings. The fourth-order valence-corrected chi connectivity index (χ4v) is 2.69. The van der Waals surface area contributed by atoms with E-state index in [-0.39, 0.29) is 11.9 Å². The summed E-state index contributed by atoms with van der Waals surface area (Å²) in [6, 6.07) is 7.81. The van der Waals surface area contributed by atoms with Gasteiger partial charge < -0.3 is 11.5 Å². The minimum Gasteiger partial charge on any atom is -0.384 e. The standard InChI is InChI=1S/C17H15FN6/c1-9(19)15-6-16(20)24-17(23-15)13(8-22-24)11-4-10-5-12(18)2-3-14(10)21-7-11/h2-9H,19-20H2,1H3. The minimum absolute atomic E-state index is 0.246. The lowest BCUT2D eigenvalue weighted by Gasteiger charge is -2.08. The predicted octanol–water partition coefficient (Wildman–Crippen LogP) is 2.69. The van der Waals surface area contributed by atoms with Gasteiger partial charge in [0.25, 0.3) is 0 Å². The number of nitrogens with two attached hydrogens (primary N) is 2. The first-order valence-corrected chi connectivity index (χ1v) is 7.48. The SMILES string of the molecule is CC(N)c1cc(N)n2ncc(-c3cnc4ccc(F)cc4c3)c2n1. The second kappa shape index (κ2) is 5.24. The highest BCUT2D eigenvalue weighted by atomic mass is 19.1. The van der Waals surface area contributed by atoms with Gasteiger partial charge in [0.05, 0.1) is 17.4 Å². The molecule has 0 amide bonds. The zero-order chi connectivity index (χ0) is 16.8. The molecule has 1 unspecified atom stereocenters. The molecule has 0 bridgehead atoms. The molecule has 7 heteroatoms. The van der Waals surface area contributed by atoms with E-state index in [4.69, 9.17) is 11.5 Å². The minimum atomic E-state index is -0.303. The maximum absolute atomic E-state index is 13.5. The van der Waals surface area contributed by atoms with Gasteiger partial charge in [-0.25, -0.2) is 9.37 Å². The second-order valence-corrected chi connectivity index (χ2v) is 5.75. The Labute approximate surface area is 136 Å². The summed E-state index contributed by atoms with van der Waals surface area (Å²) in [6.45, 7) is 1.84. The molecule has 4 rings (SSSR count). The quantitative estimate of drug-likeness (QED) is 0.591. The summed E-state index contributed by atoms with van der Waals surface area (Å²) in [6.07, 6.45) is 3.39. The summed E-state index contributed by atoms with van der Waals surface area (Å²) in [7, 11) is 0. The molecule has 0 spiro atoms. The van der Waals surface area contributed by atoms with Crippen LogP contribution in [-0.2, 0) is 0 Å². The third-order valence-corrected chi connectivity index (χ3v) is 3.94. The van der Waals surface area contributed by atoms with E-state index in [1.165, 1.54) is 12.1 Å². The van der Waals surface area contributed by atoms with E-state index >= 15 is 0 Å². The zero-order valence-electron chi connectivity index (χ0n) is 12.9. The number of halogens is 1. The van der Waals surface area contributed by atoms with E-state index in [0.717, 1.165) is 16.6 Å².